The Balaban J connectivity index is 2.23. The summed E-state index contributed by atoms with van der Waals surface area (Å²) in [4.78, 5) is 11.3. The summed E-state index contributed by atoms with van der Waals surface area (Å²) in [7, 11) is 1.26. The van der Waals surface area contributed by atoms with Crippen molar-refractivity contribution in [2.45, 2.75) is 20.5 Å². The molecule has 0 saturated carbocycles. The van der Waals surface area contributed by atoms with Gasteiger partial charge in [-0.15, -0.1) is 0 Å². The molecule has 2 rings (SSSR count). The van der Waals surface area contributed by atoms with Crippen LogP contribution in [-0.2, 0) is 11.3 Å². The topological polar surface area (TPSA) is 44.8 Å². The van der Waals surface area contributed by atoms with Crippen LogP contribution in [-0.4, -0.2) is 13.3 Å². The number of carbonyl (C=O) groups excluding carboxylic acids is 1. The van der Waals surface area contributed by atoms with Crippen molar-refractivity contribution in [2.24, 2.45) is 0 Å². The molecule has 0 N–H and O–H groups in total. The molecule has 0 atom stereocenters. The van der Waals surface area contributed by atoms with E-state index < -0.39 is 6.16 Å². The van der Waals surface area contributed by atoms with E-state index in [2.05, 4.69) is 20.7 Å². The number of benzene rings is 2. The summed E-state index contributed by atoms with van der Waals surface area (Å²) in [6, 6.07) is 9.01. The predicted molar refractivity (Wildman–Crippen MR) is 92.4 cm³/mol. The zero-order chi connectivity index (χ0) is 17.0. The quantitative estimate of drug-likeness (QED) is 0.507. The first-order chi connectivity index (χ1) is 10.9. The molecule has 4 nitrogen and oxygen atoms in total. The third-order valence-electron chi connectivity index (χ3n) is 3.36. The van der Waals surface area contributed by atoms with E-state index >= 15 is 0 Å². The number of hydrogen-bond donors (Lipinski definition) is 0. The number of methoxy groups -OCH3 is 1. The van der Waals surface area contributed by atoms with Crippen LogP contribution in [0.15, 0.2) is 34.8 Å². The van der Waals surface area contributed by atoms with Gasteiger partial charge in [-0.25, -0.2) is 4.79 Å². The van der Waals surface area contributed by atoms with Crippen molar-refractivity contribution in [1.29, 1.82) is 0 Å². The Morgan fingerprint density at radius 3 is 2.57 bits per heavy atom. The summed E-state index contributed by atoms with van der Waals surface area (Å²) >= 11 is 9.64. The number of carbonyl (C=O) groups is 1. The smallest absolute Gasteiger partial charge is 0.487 e. The largest absolute Gasteiger partial charge is 0.513 e. The van der Waals surface area contributed by atoms with Crippen LogP contribution in [0.3, 0.4) is 0 Å². The molecule has 0 aliphatic rings. The second-order valence-electron chi connectivity index (χ2n) is 4.93. The monoisotopic (exact) mass is 398 g/mol. The van der Waals surface area contributed by atoms with Crippen molar-refractivity contribution in [1.82, 2.24) is 0 Å². The molecule has 0 spiro atoms. The van der Waals surface area contributed by atoms with E-state index in [4.69, 9.17) is 21.1 Å². The third-order valence-corrected chi connectivity index (χ3v) is 4.39. The zero-order valence-electron chi connectivity index (χ0n) is 13.0. The van der Waals surface area contributed by atoms with Crippen LogP contribution in [0, 0.1) is 13.8 Å². The van der Waals surface area contributed by atoms with Gasteiger partial charge in [-0.2, -0.15) is 0 Å². The van der Waals surface area contributed by atoms with Crippen LogP contribution in [0.5, 0.6) is 11.5 Å². The highest BCUT2D eigenvalue weighted by molar-refractivity contribution is 9.10. The zero-order valence-corrected chi connectivity index (χ0v) is 15.3. The lowest BCUT2D eigenvalue weighted by atomic mass is 10.1. The highest BCUT2D eigenvalue weighted by Crippen LogP contribution is 2.32. The molecule has 23 heavy (non-hydrogen) atoms. The second-order valence-corrected chi connectivity index (χ2v) is 6.19. The van der Waals surface area contributed by atoms with Gasteiger partial charge in [0.25, 0.3) is 0 Å². The standard InChI is InChI=1S/C17H16BrClO4/c1-10-7-14(19)16(8-11(10)2)22-9-12-13(18)5-4-6-15(12)23-17(20)21-3/h4-8H,9H2,1-3H3. The minimum Gasteiger partial charge on any atom is -0.487 e. The maximum atomic E-state index is 11.3. The first kappa shape index (κ1) is 17.6. The molecule has 122 valence electrons. The van der Waals surface area contributed by atoms with E-state index in [0.717, 1.165) is 15.6 Å². The van der Waals surface area contributed by atoms with Gasteiger partial charge in [-0.1, -0.05) is 33.6 Å². The molecule has 0 unspecified atom stereocenters. The van der Waals surface area contributed by atoms with E-state index in [9.17, 15) is 4.79 Å². The lowest BCUT2D eigenvalue weighted by Crippen LogP contribution is -2.10. The number of rotatable bonds is 4. The lowest BCUT2D eigenvalue weighted by molar-refractivity contribution is 0.120. The number of aryl methyl sites for hydroxylation is 2. The van der Waals surface area contributed by atoms with Crippen LogP contribution < -0.4 is 9.47 Å². The average molecular weight is 400 g/mol. The fourth-order valence-corrected chi connectivity index (χ4v) is 2.66. The Labute approximate surface area is 148 Å². The maximum Gasteiger partial charge on any atom is 0.513 e. The summed E-state index contributed by atoms with van der Waals surface area (Å²) in [6.07, 6.45) is -0.784. The molecule has 0 aliphatic carbocycles. The molecular formula is C17H16BrClO4. The lowest BCUT2D eigenvalue weighted by Gasteiger charge is -2.14. The van der Waals surface area contributed by atoms with Crippen LogP contribution in [0.1, 0.15) is 16.7 Å². The fourth-order valence-electron chi connectivity index (χ4n) is 1.92. The number of hydrogen-bond acceptors (Lipinski definition) is 4. The van der Waals surface area contributed by atoms with Gasteiger partial charge in [0, 0.05) is 10.0 Å². The van der Waals surface area contributed by atoms with Crippen molar-refractivity contribution in [3.05, 3.63) is 56.5 Å². The molecule has 0 aromatic heterocycles. The van der Waals surface area contributed by atoms with Gasteiger partial charge in [0.15, 0.2) is 0 Å². The van der Waals surface area contributed by atoms with Gasteiger partial charge >= 0.3 is 6.16 Å². The Morgan fingerprint density at radius 2 is 1.87 bits per heavy atom. The molecule has 0 fully saturated rings. The number of ether oxygens (including phenoxy) is 3. The van der Waals surface area contributed by atoms with E-state index in [1.165, 1.54) is 7.11 Å². The van der Waals surface area contributed by atoms with Crippen molar-refractivity contribution in [3.63, 3.8) is 0 Å². The summed E-state index contributed by atoms with van der Waals surface area (Å²) < 4.78 is 16.2. The molecule has 2 aromatic carbocycles. The van der Waals surface area contributed by atoms with Gasteiger partial charge in [0.05, 0.1) is 12.1 Å². The molecule has 0 saturated heterocycles. The molecular weight excluding hydrogens is 384 g/mol. The molecule has 6 heteroatoms. The second kappa shape index (κ2) is 7.70. The Hall–Kier alpha value is -1.72. The van der Waals surface area contributed by atoms with E-state index in [0.29, 0.717) is 22.1 Å². The van der Waals surface area contributed by atoms with E-state index in [-0.39, 0.29) is 6.61 Å². The van der Waals surface area contributed by atoms with Crippen LogP contribution in [0.25, 0.3) is 0 Å². The molecule has 0 heterocycles. The maximum absolute atomic E-state index is 11.3. The van der Waals surface area contributed by atoms with Crippen molar-refractivity contribution in [3.8, 4) is 11.5 Å². The summed E-state index contributed by atoms with van der Waals surface area (Å²) in [5.74, 6) is 0.945. The third kappa shape index (κ3) is 4.39. The van der Waals surface area contributed by atoms with Crippen LogP contribution in [0.2, 0.25) is 5.02 Å². The Kier molecular flexibility index (Phi) is 5.91. The highest BCUT2D eigenvalue weighted by Gasteiger charge is 2.14. The minimum absolute atomic E-state index is 0.190. The van der Waals surface area contributed by atoms with E-state index in [1.807, 2.05) is 32.0 Å². The first-order valence-electron chi connectivity index (χ1n) is 6.85. The molecule has 0 radical (unpaired) electrons. The van der Waals surface area contributed by atoms with Crippen molar-refractivity contribution in [2.75, 3.05) is 7.11 Å². The first-order valence-corrected chi connectivity index (χ1v) is 8.02. The van der Waals surface area contributed by atoms with Crippen LogP contribution in [0.4, 0.5) is 4.79 Å². The van der Waals surface area contributed by atoms with Crippen LogP contribution >= 0.6 is 27.5 Å². The Bertz CT molecular complexity index is 731. The minimum atomic E-state index is -0.784. The van der Waals surface area contributed by atoms with Crippen molar-refractivity contribution >= 4 is 33.7 Å². The van der Waals surface area contributed by atoms with Gasteiger partial charge < -0.3 is 14.2 Å². The normalized spacial score (nSPS) is 10.3. The van der Waals surface area contributed by atoms with Gasteiger partial charge in [-0.05, 0) is 49.2 Å². The predicted octanol–water partition coefficient (Wildman–Crippen LogP) is 5.44. The van der Waals surface area contributed by atoms with E-state index in [1.54, 1.807) is 12.1 Å². The SMILES string of the molecule is COC(=O)Oc1cccc(Br)c1COc1cc(C)c(C)cc1Cl. The summed E-state index contributed by atoms with van der Waals surface area (Å²) in [5, 5.41) is 0.538. The summed E-state index contributed by atoms with van der Waals surface area (Å²) in [5.41, 5.74) is 2.87. The Morgan fingerprint density at radius 1 is 1.17 bits per heavy atom. The molecule has 0 aliphatic heterocycles. The fraction of sp³-hybridized carbons (Fsp3) is 0.235. The average Bonchev–Trinajstić information content (AvgIpc) is 2.51. The van der Waals surface area contributed by atoms with Gasteiger partial charge in [0.1, 0.15) is 18.1 Å². The number of halogens is 2. The molecule has 0 amide bonds. The molecule has 2 aromatic rings. The summed E-state index contributed by atoms with van der Waals surface area (Å²) in [6.45, 7) is 4.17. The molecule has 0 bridgehead atoms. The van der Waals surface area contributed by atoms with Gasteiger partial charge in [-0.3, -0.25) is 0 Å². The van der Waals surface area contributed by atoms with Gasteiger partial charge in [0.2, 0.25) is 0 Å². The highest BCUT2D eigenvalue weighted by atomic mass is 79.9. The van der Waals surface area contributed by atoms with Crippen molar-refractivity contribution < 1.29 is 19.0 Å².